The minimum absolute atomic E-state index is 0.0480. The summed E-state index contributed by atoms with van der Waals surface area (Å²) in [7, 11) is 1.51. The fourth-order valence-electron chi connectivity index (χ4n) is 2.00. The molecule has 2 aromatic rings. The molecule has 0 saturated carbocycles. The van der Waals surface area contributed by atoms with Crippen LogP contribution < -0.4 is 15.6 Å². The van der Waals surface area contributed by atoms with E-state index >= 15 is 0 Å². The number of hydrogen-bond donors (Lipinski definition) is 3. The van der Waals surface area contributed by atoms with Crippen molar-refractivity contribution in [2.24, 2.45) is 10.2 Å². The Morgan fingerprint density at radius 3 is 2.59 bits per heavy atom. The fraction of sp³-hybridized carbons (Fsp3) is 0.0556. The van der Waals surface area contributed by atoms with E-state index < -0.39 is 17.6 Å². The molecule has 0 saturated heterocycles. The van der Waals surface area contributed by atoms with E-state index in [1.807, 2.05) is 0 Å². The van der Waals surface area contributed by atoms with Crippen LogP contribution in [0.3, 0.4) is 0 Å². The van der Waals surface area contributed by atoms with Gasteiger partial charge >= 0.3 is 11.9 Å². The second-order valence-corrected chi connectivity index (χ2v) is 4.98. The number of methoxy groups -OCH3 is 1. The summed E-state index contributed by atoms with van der Waals surface area (Å²) in [5, 5.41) is 25.6. The molecule has 0 heterocycles. The van der Waals surface area contributed by atoms with Crippen molar-refractivity contribution in [3.05, 3.63) is 59.7 Å². The Kier molecular flexibility index (Phi) is 6.62. The molecule has 0 spiro atoms. The lowest BCUT2D eigenvalue weighted by Crippen LogP contribution is -2.27. The largest absolute Gasteiger partial charge is 0.496 e. The van der Waals surface area contributed by atoms with E-state index in [-0.39, 0.29) is 11.3 Å². The third-order valence-corrected chi connectivity index (χ3v) is 3.28. The lowest BCUT2D eigenvalue weighted by atomic mass is 10.2. The number of carbonyl (C=O) groups excluding carboxylic acids is 1. The number of nitrogens with zero attached hydrogens (tertiary/aromatic N) is 3. The summed E-state index contributed by atoms with van der Waals surface area (Å²) in [6.07, 6.45) is 1.36. The molecule has 3 N–H and O–H groups in total. The van der Waals surface area contributed by atoms with E-state index in [9.17, 15) is 9.59 Å². The molecule has 1 amide bonds. The molecule has 9 heteroatoms. The summed E-state index contributed by atoms with van der Waals surface area (Å²) in [6.45, 7) is 0. The average molecular weight is 365 g/mol. The molecule has 2 rings (SSSR count). The Balaban J connectivity index is 2.08. The van der Waals surface area contributed by atoms with Gasteiger partial charge < -0.3 is 9.84 Å². The molecular formula is C18H15N5O4. The van der Waals surface area contributed by atoms with Gasteiger partial charge in [-0.3, -0.25) is 10.2 Å². The fourth-order valence-corrected chi connectivity index (χ4v) is 2.00. The number of ether oxygens (including phenoxy) is 1. The molecule has 0 aliphatic heterocycles. The highest BCUT2D eigenvalue weighted by Crippen LogP contribution is 2.15. The van der Waals surface area contributed by atoms with E-state index in [0.717, 1.165) is 0 Å². The first kappa shape index (κ1) is 19.1. The zero-order valence-electron chi connectivity index (χ0n) is 14.2. The number of hydrazone groups is 2. The summed E-state index contributed by atoms with van der Waals surface area (Å²) in [4.78, 5) is 23.1. The monoisotopic (exact) mass is 365 g/mol. The summed E-state index contributed by atoms with van der Waals surface area (Å²) >= 11 is 0. The maximum absolute atomic E-state index is 12.0. The second-order valence-electron chi connectivity index (χ2n) is 4.98. The number of rotatable bonds is 7. The Morgan fingerprint density at radius 2 is 1.89 bits per heavy atom. The molecular weight excluding hydrogens is 350 g/mol. The van der Waals surface area contributed by atoms with Crippen molar-refractivity contribution in [2.75, 3.05) is 12.5 Å². The van der Waals surface area contributed by atoms with Gasteiger partial charge in [0.15, 0.2) is 0 Å². The minimum atomic E-state index is -1.17. The van der Waals surface area contributed by atoms with Crippen LogP contribution in [0, 0.1) is 11.3 Å². The number of benzene rings is 2. The standard InChI is InChI=1S/C18H15N5O4/c1-27-16-9-5-2-6-12(16)11-20-23-17(24)15(10-19)22-21-14-8-4-3-7-13(14)18(25)26/h2-9,11,21H,1H3,(H,23,24)(H,25,26). The smallest absolute Gasteiger partial charge is 0.337 e. The molecule has 0 unspecified atom stereocenters. The van der Waals surface area contributed by atoms with Gasteiger partial charge in [0.1, 0.15) is 11.8 Å². The van der Waals surface area contributed by atoms with Crippen molar-refractivity contribution in [1.82, 2.24) is 5.43 Å². The van der Waals surface area contributed by atoms with Gasteiger partial charge in [0.2, 0.25) is 5.71 Å². The number of amides is 1. The molecule has 0 fully saturated rings. The first-order chi connectivity index (χ1) is 13.1. The van der Waals surface area contributed by atoms with Gasteiger partial charge in [-0.2, -0.15) is 15.5 Å². The van der Waals surface area contributed by atoms with Crippen molar-refractivity contribution in [2.45, 2.75) is 0 Å². The summed E-state index contributed by atoms with van der Waals surface area (Å²) in [6, 6.07) is 14.6. The number of carbonyl (C=O) groups is 2. The Morgan fingerprint density at radius 1 is 1.19 bits per heavy atom. The number of carboxylic acid groups (broad SMARTS) is 1. The number of aromatic carboxylic acids is 1. The molecule has 0 aliphatic rings. The number of hydrogen-bond acceptors (Lipinski definition) is 7. The number of carboxylic acids is 1. The molecule has 0 radical (unpaired) electrons. The van der Waals surface area contributed by atoms with Gasteiger partial charge in [-0.05, 0) is 24.3 Å². The van der Waals surface area contributed by atoms with Crippen LogP contribution in [0.15, 0.2) is 58.7 Å². The average Bonchev–Trinajstić information content (AvgIpc) is 2.69. The van der Waals surface area contributed by atoms with Gasteiger partial charge in [-0.1, -0.05) is 24.3 Å². The Hall–Kier alpha value is -4.19. The molecule has 0 atom stereocenters. The SMILES string of the molecule is COc1ccccc1C=NNC(=O)C(C#N)=NNc1ccccc1C(=O)O. The maximum atomic E-state index is 12.0. The van der Waals surface area contributed by atoms with E-state index in [0.29, 0.717) is 11.3 Å². The highest BCUT2D eigenvalue weighted by Gasteiger charge is 2.12. The zero-order valence-corrected chi connectivity index (χ0v) is 14.2. The van der Waals surface area contributed by atoms with E-state index in [4.69, 9.17) is 15.1 Å². The number of para-hydroxylation sites is 2. The van der Waals surface area contributed by atoms with Gasteiger partial charge in [-0.25, -0.2) is 10.2 Å². The molecule has 0 bridgehead atoms. The van der Waals surface area contributed by atoms with Crippen molar-refractivity contribution in [3.8, 4) is 11.8 Å². The Bertz CT molecular complexity index is 947. The van der Waals surface area contributed by atoms with E-state index in [1.54, 1.807) is 42.5 Å². The predicted octanol–water partition coefficient (Wildman–Crippen LogP) is 1.84. The molecule has 0 aliphatic carbocycles. The number of anilines is 1. The van der Waals surface area contributed by atoms with Gasteiger partial charge in [0.25, 0.3) is 0 Å². The third kappa shape index (κ3) is 5.14. The van der Waals surface area contributed by atoms with Crippen LogP contribution in [0.25, 0.3) is 0 Å². The van der Waals surface area contributed by atoms with Crippen LogP contribution in [-0.4, -0.2) is 36.0 Å². The van der Waals surface area contributed by atoms with Crippen LogP contribution in [0.2, 0.25) is 0 Å². The van der Waals surface area contributed by atoms with Crippen molar-refractivity contribution < 1.29 is 19.4 Å². The van der Waals surface area contributed by atoms with Crippen LogP contribution in [0.4, 0.5) is 5.69 Å². The van der Waals surface area contributed by atoms with E-state index in [2.05, 4.69) is 21.1 Å². The lowest BCUT2D eigenvalue weighted by molar-refractivity contribution is -0.114. The highest BCUT2D eigenvalue weighted by molar-refractivity contribution is 6.45. The Labute approximate surface area is 154 Å². The molecule has 0 aromatic heterocycles. The third-order valence-electron chi connectivity index (χ3n) is 3.28. The number of nitriles is 1. The molecule has 27 heavy (non-hydrogen) atoms. The van der Waals surface area contributed by atoms with Crippen LogP contribution in [-0.2, 0) is 4.79 Å². The van der Waals surface area contributed by atoms with Gasteiger partial charge in [0.05, 0.1) is 24.6 Å². The quantitative estimate of drug-likeness (QED) is 0.506. The summed E-state index contributed by atoms with van der Waals surface area (Å²) in [5.74, 6) is -1.46. The number of nitrogens with one attached hydrogen (secondary N) is 2. The summed E-state index contributed by atoms with van der Waals surface area (Å²) < 4.78 is 5.15. The first-order valence-electron chi connectivity index (χ1n) is 7.59. The van der Waals surface area contributed by atoms with Crippen LogP contribution in [0.5, 0.6) is 5.75 Å². The minimum Gasteiger partial charge on any atom is -0.496 e. The molecule has 136 valence electrons. The van der Waals surface area contributed by atoms with Crippen molar-refractivity contribution in [1.29, 1.82) is 5.26 Å². The van der Waals surface area contributed by atoms with Gasteiger partial charge in [0, 0.05) is 5.56 Å². The van der Waals surface area contributed by atoms with Crippen molar-refractivity contribution in [3.63, 3.8) is 0 Å². The maximum Gasteiger partial charge on any atom is 0.337 e. The molecule has 2 aromatic carbocycles. The van der Waals surface area contributed by atoms with Gasteiger partial charge in [-0.15, -0.1) is 0 Å². The van der Waals surface area contributed by atoms with Crippen molar-refractivity contribution >= 4 is 29.5 Å². The topological polar surface area (TPSA) is 136 Å². The highest BCUT2D eigenvalue weighted by atomic mass is 16.5. The zero-order chi connectivity index (χ0) is 19.6. The normalized spacial score (nSPS) is 10.9. The summed E-state index contributed by atoms with van der Waals surface area (Å²) in [5.41, 5.74) is 4.78. The first-order valence-corrected chi connectivity index (χ1v) is 7.59. The lowest BCUT2D eigenvalue weighted by Gasteiger charge is -2.05. The van der Waals surface area contributed by atoms with Crippen LogP contribution in [0.1, 0.15) is 15.9 Å². The predicted molar refractivity (Wildman–Crippen MR) is 98.8 cm³/mol. The van der Waals surface area contributed by atoms with E-state index in [1.165, 1.54) is 25.5 Å². The second kappa shape index (κ2) is 9.33. The van der Waals surface area contributed by atoms with Crippen LogP contribution >= 0.6 is 0 Å². The molecule has 9 nitrogen and oxygen atoms in total.